The summed E-state index contributed by atoms with van der Waals surface area (Å²) >= 11 is 0. The van der Waals surface area contributed by atoms with Crippen molar-refractivity contribution in [3.8, 4) is 11.8 Å². The lowest BCUT2D eigenvalue weighted by Crippen LogP contribution is -2.24. The minimum Gasteiger partial charge on any atom is -0.445 e. The molecule has 1 amide bonds. The first kappa shape index (κ1) is 15.4. The Bertz CT molecular complexity index is 907. The van der Waals surface area contributed by atoms with Crippen molar-refractivity contribution in [2.24, 2.45) is 0 Å². The number of alkyl carbamates (subject to hydrolysis) is 1. The number of anilines is 1. The normalized spacial score (nSPS) is 10.0. The first-order chi connectivity index (χ1) is 11.7. The van der Waals surface area contributed by atoms with Gasteiger partial charge in [-0.3, -0.25) is 0 Å². The minimum absolute atomic E-state index is 0.123. The van der Waals surface area contributed by atoms with Crippen LogP contribution < -0.4 is 11.1 Å². The third-order valence-corrected chi connectivity index (χ3v) is 3.17. The molecule has 0 spiro atoms. The van der Waals surface area contributed by atoms with Gasteiger partial charge in [-0.1, -0.05) is 42.2 Å². The van der Waals surface area contributed by atoms with Crippen molar-refractivity contribution in [3.05, 3.63) is 59.7 Å². The molecule has 3 N–H and O–H groups in total. The van der Waals surface area contributed by atoms with Crippen LogP contribution in [0.3, 0.4) is 0 Å². The highest BCUT2D eigenvalue weighted by Gasteiger charge is 2.02. The monoisotopic (exact) mass is 321 g/mol. The predicted molar refractivity (Wildman–Crippen MR) is 89.9 cm³/mol. The first-order valence-electron chi connectivity index (χ1n) is 7.30. The van der Waals surface area contributed by atoms with E-state index >= 15 is 0 Å². The summed E-state index contributed by atoms with van der Waals surface area (Å²) in [4.78, 5) is 15.6. The van der Waals surface area contributed by atoms with Crippen LogP contribution in [0.5, 0.6) is 0 Å². The predicted octanol–water partition coefficient (Wildman–Crippen LogP) is 2.69. The van der Waals surface area contributed by atoms with Gasteiger partial charge in [0, 0.05) is 5.56 Å². The lowest BCUT2D eigenvalue weighted by molar-refractivity contribution is 0.141. The van der Waals surface area contributed by atoms with Crippen molar-refractivity contribution in [1.29, 1.82) is 0 Å². The molecule has 0 aliphatic heterocycles. The van der Waals surface area contributed by atoms with Crippen LogP contribution >= 0.6 is 0 Å². The Labute approximate surface area is 138 Å². The number of hydrogen-bond donors (Lipinski definition) is 2. The van der Waals surface area contributed by atoms with Gasteiger partial charge >= 0.3 is 6.09 Å². The molecule has 6 heteroatoms. The summed E-state index contributed by atoms with van der Waals surface area (Å²) in [6.45, 7) is 0.414. The summed E-state index contributed by atoms with van der Waals surface area (Å²) in [6, 6.07) is 14.9. The van der Waals surface area contributed by atoms with Crippen molar-refractivity contribution >= 4 is 23.2 Å². The molecule has 1 heterocycles. The molecule has 120 valence electrons. The van der Waals surface area contributed by atoms with Gasteiger partial charge in [-0.2, -0.15) is 4.98 Å². The molecule has 6 nitrogen and oxygen atoms in total. The third-order valence-electron chi connectivity index (χ3n) is 3.17. The Morgan fingerprint density at radius 3 is 2.92 bits per heavy atom. The molecule has 0 aliphatic rings. The number of amides is 1. The molecule has 0 saturated heterocycles. The second kappa shape index (κ2) is 7.20. The zero-order valence-electron chi connectivity index (χ0n) is 12.8. The van der Waals surface area contributed by atoms with E-state index < -0.39 is 6.09 Å². The number of hydrogen-bond acceptors (Lipinski definition) is 5. The summed E-state index contributed by atoms with van der Waals surface area (Å²) in [7, 11) is 0. The van der Waals surface area contributed by atoms with Crippen LogP contribution in [-0.2, 0) is 11.3 Å². The van der Waals surface area contributed by atoms with E-state index in [0.29, 0.717) is 11.1 Å². The molecule has 2 aromatic carbocycles. The van der Waals surface area contributed by atoms with E-state index in [-0.39, 0.29) is 19.2 Å². The Kier molecular flexibility index (Phi) is 4.63. The molecule has 3 aromatic rings. The maximum absolute atomic E-state index is 11.6. The van der Waals surface area contributed by atoms with Crippen molar-refractivity contribution in [1.82, 2.24) is 10.3 Å². The van der Waals surface area contributed by atoms with Crippen LogP contribution in [0.15, 0.2) is 52.9 Å². The number of nitrogens with zero attached hydrogens (tertiary/aromatic N) is 1. The van der Waals surface area contributed by atoms with Crippen LogP contribution in [0.4, 0.5) is 10.8 Å². The number of carbonyl (C=O) groups is 1. The van der Waals surface area contributed by atoms with E-state index in [9.17, 15) is 4.79 Å². The maximum Gasteiger partial charge on any atom is 0.408 e. The fraction of sp³-hybridized carbons (Fsp3) is 0.111. The van der Waals surface area contributed by atoms with E-state index in [2.05, 4.69) is 22.1 Å². The van der Waals surface area contributed by atoms with Gasteiger partial charge in [0.15, 0.2) is 5.58 Å². The van der Waals surface area contributed by atoms with Crippen molar-refractivity contribution in [3.63, 3.8) is 0 Å². The number of oxazole rings is 1. The van der Waals surface area contributed by atoms with E-state index in [0.717, 1.165) is 11.1 Å². The smallest absolute Gasteiger partial charge is 0.408 e. The lowest BCUT2D eigenvalue weighted by Gasteiger charge is -2.04. The summed E-state index contributed by atoms with van der Waals surface area (Å²) in [5.41, 5.74) is 8.44. The van der Waals surface area contributed by atoms with Gasteiger partial charge in [-0.25, -0.2) is 4.79 Å². The van der Waals surface area contributed by atoms with Gasteiger partial charge in [-0.05, 0) is 23.8 Å². The van der Waals surface area contributed by atoms with E-state index in [1.54, 1.807) is 18.2 Å². The number of fused-ring (bicyclic) bond motifs is 1. The number of carbonyl (C=O) groups excluding carboxylic acids is 1. The van der Waals surface area contributed by atoms with E-state index in [1.807, 2.05) is 30.3 Å². The summed E-state index contributed by atoms with van der Waals surface area (Å²) in [5.74, 6) is 5.78. The third kappa shape index (κ3) is 4.05. The first-order valence-corrected chi connectivity index (χ1v) is 7.30. The van der Waals surface area contributed by atoms with Crippen molar-refractivity contribution in [2.45, 2.75) is 6.61 Å². The Morgan fingerprint density at radius 1 is 1.25 bits per heavy atom. The highest BCUT2D eigenvalue weighted by Crippen LogP contribution is 2.17. The van der Waals surface area contributed by atoms with Crippen molar-refractivity contribution in [2.75, 3.05) is 12.3 Å². The molecule has 0 atom stereocenters. The Balaban J connectivity index is 1.48. The highest BCUT2D eigenvalue weighted by molar-refractivity contribution is 5.76. The van der Waals surface area contributed by atoms with Crippen molar-refractivity contribution < 1.29 is 13.9 Å². The number of benzene rings is 2. The van der Waals surface area contributed by atoms with E-state index in [4.69, 9.17) is 14.9 Å². The average Bonchev–Trinajstić information content (AvgIpc) is 2.97. The standard InChI is InChI=1S/C18H15N3O3/c19-17-21-15-11-13(8-9-16(15)24-17)7-4-10-20-18(22)23-12-14-5-2-1-3-6-14/h1-3,5-6,8-9,11H,10,12H2,(H2,19,21)(H,20,22). The van der Waals surface area contributed by atoms with Crippen LogP contribution in [0.2, 0.25) is 0 Å². The second-order valence-electron chi connectivity index (χ2n) is 4.95. The average molecular weight is 321 g/mol. The SMILES string of the molecule is Nc1nc2cc(C#CCNC(=O)OCc3ccccc3)ccc2o1. The molecule has 0 saturated carbocycles. The van der Waals surface area contributed by atoms with Gasteiger partial charge in [0.1, 0.15) is 12.1 Å². The van der Waals surface area contributed by atoms with Gasteiger partial charge in [0.2, 0.25) is 0 Å². The molecule has 0 bridgehead atoms. The molecule has 0 radical (unpaired) electrons. The number of nitrogens with one attached hydrogen (secondary N) is 1. The molecule has 24 heavy (non-hydrogen) atoms. The number of aromatic nitrogens is 1. The molecule has 0 unspecified atom stereocenters. The molecular formula is C18H15N3O3. The van der Waals surface area contributed by atoms with Crippen LogP contribution in [0, 0.1) is 11.8 Å². The van der Waals surface area contributed by atoms with Crippen LogP contribution in [0.1, 0.15) is 11.1 Å². The highest BCUT2D eigenvalue weighted by atomic mass is 16.5. The minimum atomic E-state index is -0.507. The largest absolute Gasteiger partial charge is 0.445 e. The topological polar surface area (TPSA) is 90.4 Å². The zero-order valence-corrected chi connectivity index (χ0v) is 12.8. The summed E-state index contributed by atoms with van der Waals surface area (Å²) in [6.07, 6.45) is -0.507. The van der Waals surface area contributed by atoms with Crippen LogP contribution in [0.25, 0.3) is 11.1 Å². The molecular weight excluding hydrogens is 306 g/mol. The van der Waals surface area contributed by atoms with Gasteiger partial charge in [-0.15, -0.1) is 0 Å². The fourth-order valence-corrected chi connectivity index (χ4v) is 2.06. The van der Waals surface area contributed by atoms with Gasteiger partial charge in [0.25, 0.3) is 6.01 Å². The lowest BCUT2D eigenvalue weighted by atomic mass is 10.2. The summed E-state index contributed by atoms with van der Waals surface area (Å²) in [5, 5.41) is 2.58. The molecule has 0 aliphatic carbocycles. The quantitative estimate of drug-likeness (QED) is 0.724. The number of nitrogens with two attached hydrogens (primary N) is 1. The zero-order chi connectivity index (χ0) is 16.8. The second-order valence-corrected chi connectivity index (χ2v) is 4.95. The Hall–Kier alpha value is -3.46. The number of nitrogen functional groups attached to an aromatic ring is 1. The Morgan fingerprint density at radius 2 is 2.08 bits per heavy atom. The maximum atomic E-state index is 11.6. The van der Waals surface area contributed by atoms with Gasteiger partial charge < -0.3 is 20.2 Å². The van der Waals surface area contributed by atoms with Crippen LogP contribution in [-0.4, -0.2) is 17.6 Å². The number of ether oxygens (including phenoxy) is 1. The molecule has 0 fully saturated rings. The van der Waals surface area contributed by atoms with Gasteiger partial charge in [0.05, 0.1) is 6.54 Å². The summed E-state index contributed by atoms with van der Waals surface area (Å²) < 4.78 is 10.3. The molecule has 1 aromatic heterocycles. The number of rotatable bonds is 3. The van der Waals surface area contributed by atoms with E-state index in [1.165, 1.54) is 0 Å². The fourth-order valence-electron chi connectivity index (χ4n) is 2.06. The molecule has 3 rings (SSSR count).